The van der Waals surface area contributed by atoms with Crippen molar-refractivity contribution in [2.75, 3.05) is 20.8 Å². The van der Waals surface area contributed by atoms with Gasteiger partial charge in [0.1, 0.15) is 18.3 Å². The molecule has 0 unspecified atom stereocenters. The van der Waals surface area contributed by atoms with Crippen LogP contribution in [0.4, 0.5) is 4.79 Å². The minimum atomic E-state index is -2.48. The first-order valence-electron chi connectivity index (χ1n) is 20.0. The fourth-order valence-corrected chi connectivity index (χ4v) is 9.88. The van der Waals surface area contributed by atoms with Crippen LogP contribution in [-0.4, -0.2) is 117 Å². The average Bonchev–Trinajstić information content (AvgIpc) is 3.77. The van der Waals surface area contributed by atoms with E-state index < -0.39 is 79.3 Å². The maximum Gasteiger partial charge on any atom is 0.407 e. The topological polar surface area (TPSA) is 179 Å². The van der Waals surface area contributed by atoms with Gasteiger partial charge in [-0.3, -0.25) is 13.9 Å². The van der Waals surface area contributed by atoms with E-state index in [1.165, 1.54) is 4.40 Å². The lowest BCUT2D eigenvalue weighted by Gasteiger charge is -2.44. The Morgan fingerprint density at radius 3 is 1.93 bits per heavy atom. The standard InChI is InChI=1S/C39H70N6O10Si3/c1-23-24(20-25(46)27(34(48)50-12)42-36(49)51-13)45-32(47)28-31(43(11)35(45)41-23)44(22-40-28)33-30(55-58(18,19)39(8,9)10)29(54-57(16,17)38(5,6)7)26(53-33)21-52-56(14,15)37(2,3)4/h22,25-27,29-30,33,46H,20-21H2,1-19H3,(H,42,49)/t25-,26-,27+,29-,30-,33-/m1/s1. The van der Waals surface area contributed by atoms with E-state index in [2.05, 4.69) is 117 Å². The summed E-state index contributed by atoms with van der Waals surface area (Å²) in [6.07, 6.45) is -3.37. The van der Waals surface area contributed by atoms with Crippen molar-refractivity contribution in [2.45, 2.75) is 167 Å². The van der Waals surface area contributed by atoms with Crippen LogP contribution in [0.2, 0.25) is 54.4 Å². The number of hydrogen-bond donors (Lipinski definition) is 2. The smallest absolute Gasteiger partial charge is 0.407 e. The Morgan fingerprint density at radius 1 is 0.897 bits per heavy atom. The third kappa shape index (κ3) is 9.20. The molecule has 58 heavy (non-hydrogen) atoms. The van der Waals surface area contributed by atoms with E-state index in [1.807, 2.05) is 4.57 Å². The van der Waals surface area contributed by atoms with Gasteiger partial charge in [0.05, 0.1) is 44.6 Å². The summed E-state index contributed by atoms with van der Waals surface area (Å²) in [5.41, 5.74) is 0.890. The molecule has 0 bridgehead atoms. The Balaban J connectivity index is 1.93. The van der Waals surface area contributed by atoms with Gasteiger partial charge >= 0.3 is 12.1 Å². The van der Waals surface area contributed by atoms with Crippen LogP contribution in [0.1, 0.15) is 79.9 Å². The first-order chi connectivity index (χ1) is 26.3. The molecule has 0 saturated carbocycles. The van der Waals surface area contributed by atoms with Crippen molar-refractivity contribution >= 4 is 54.0 Å². The number of rotatable bonds is 13. The molecular formula is C39H70N6O10Si3. The average molecular weight is 867 g/mol. The first kappa shape index (κ1) is 47.8. The number of aryl methyl sites for hydroxylation is 2. The largest absolute Gasteiger partial charge is 0.467 e. The van der Waals surface area contributed by atoms with Gasteiger partial charge in [-0.1, -0.05) is 62.3 Å². The Bertz CT molecular complexity index is 2040. The Morgan fingerprint density at radius 2 is 1.43 bits per heavy atom. The van der Waals surface area contributed by atoms with E-state index in [0.717, 1.165) is 14.2 Å². The number of ether oxygens (including phenoxy) is 3. The van der Waals surface area contributed by atoms with E-state index in [-0.39, 0.29) is 32.8 Å². The Kier molecular flexibility index (Phi) is 13.6. The quantitative estimate of drug-likeness (QED) is 0.147. The monoisotopic (exact) mass is 866 g/mol. The molecule has 1 aliphatic heterocycles. The van der Waals surface area contributed by atoms with Gasteiger partial charge in [-0.2, -0.15) is 0 Å². The highest BCUT2D eigenvalue weighted by atomic mass is 28.4. The second-order valence-corrected chi connectivity index (χ2v) is 34.5. The minimum absolute atomic E-state index is 0.0304. The molecule has 0 spiro atoms. The van der Waals surface area contributed by atoms with Crippen LogP contribution < -0.4 is 10.9 Å². The number of esters is 1. The van der Waals surface area contributed by atoms with Crippen LogP contribution in [0.5, 0.6) is 0 Å². The number of fused-ring (bicyclic) bond motifs is 2. The molecular weight excluding hydrogens is 797 g/mol. The van der Waals surface area contributed by atoms with Crippen molar-refractivity contribution in [2.24, 2.45) is 7.05 Å². The molecule has 4 heterocycles. The lowest BCUT2D eigenvalue weighted by atomic mass is 10.1. The summed E-state index contributed by atoms with van der Waals surface area (Å²) in [5.74, 6) is -0.602. The maximum absolute atomic E-state index is 14.5. The summed E-state index contributed by atoms with van der Waals surface area (Å²) >= 11 is 0. The van der Waals surface area contributed by atoms with E-state index >= 15 is 0 Å². The second-order valence-electron chi connectivity index (χ2n) is 20.2. The van der Waals surface area contributed by atoms with Crippen molar-refractivity contribution in [1.82, 2.24) is 28.8 Å². The molecule has 1 fully saturated rings. The van der Waals surface area contributed by atoms with Gasteiger partial charge in [0.15, 0.2) is 48.4 Å². The fraction of sp³-hybridized carbons (Fsp3) is 0.769. The van der Waals surface area contributed by atoms with Gasteiger partial charge in [-0.05, 0) is 61.3 Å². The van der Waals surface area contributed by atoms with Crippen LogP contribution in [0.15, 0.2) is 11.1 Å². The van der Waals surface area contributed by atoms with Gasteiger partial charge in [-0.15, -0.1) is 0 Å². The molecule has 0 aliphatic carbocycles. The van der Waals surface area contributed by atoms with Crippen molar-refractivity contribution in [3.05, 3.63) is 28.1 Å². The zero-order valence-electron chi connectivity index (χ0n) is 38.3. The molecule has 3 aromatic rings. The first-order valence-corrected chi connectivity index (χ1v) is 28.7. The van der Waals surface area contributed by atoms with Crippen molar-refractivity contribution < 1.29 is 42.2 Å². The summed E-state index contributed by atoms with van der Waals surface area (Å²) in [6.45, 7) is 35.2. The Hall–Kier alpha value is -2.92. The van der Waals surface area contributed by atoms with E-state index in [4.69, 9.17) is 27.7 Å². The summed E-state index contributed by atoms with van der Waals surface area (Å²) < 4.78 is 43.1. The summed E-state index contributed by atoms with van der Waals surface area (Å²) in [6, 6.07) is -1.47. The molecule has 0 aromatic carbocycles. The number of methoxy groups -OCH3 is 2. The fourth-order valence-electron chi connectivity index (χ4n) is 6.26. The molecule has 4 rings (SSSR count). The molecule has 1 aliphatic rings. The molecule has 3 aromatic heterocycles. The highest BCUT2D eigenvalue weighted by Crippen LogP contribution is 2.47. The third-order valence-corrected chi connectivity index (χ3v) is 26.5. The zero-order valence-corrected chi connectivity index (χ0v) is 41.3. The molecule has 1 amide bonds. The number of aromatic nitrogens is 5. The molecule has 1 saturated heterocycles. The van der Waals surface area contributed by atoms with Gasteiger partial charge in [-0.25, -0.2) is 24.0 Å². The number of nitrogens with zero attached hydrogens (tertiary/aromatic N) is 5. The number of aliphatic hydroxyl groups excluding tert-OH is 1. The van der Waals surface area contributed by atoms with Crippen LogP contribution in [0.25, 0.3) is 16.9 Å². The van der Waals surface area contributed by atoms with Crippen LogP contribution >= 0.6 is 0 Å². The van der Waals surface area contributed by atoms with Crippen LogP contribution in [0, 0.1) is 6.92 Å². The lowest BCUT2D eigenvalue weighted by Crippen LogP contribution is -2.54. The van der Waals surface area contributed by atoms with Crippen LogP contribution in [-0.2, 0) is 45.8 Å². The zero-order chi connectivity index (χ0) is 44.3. The predicted octanol–water partition coefficient (Wildman–Crippen LogP) is 6.19. The number of hydrogen-bond acceptors (Lipinski definition) is 12. The number of aliphatic hydroxyl groups is 1. The second kappa shape index (κ2) is 16.5. The lowest BCUT2D eigenvalue weighted by molar-refractivity contribution is -0.146. The van der Waals surface area contributed by atoms with E-state index in [0.29, 0.717) is 23.6 Å². The maximum atomic E-state index is 14.5. The van der Waals surface area contributed by atoms with Crippen LogP contribution in [0.3, 0.4) is 0 Å². The highest BCUT2D eigenvalue weighted by molar-refractivity contribution is 6.75. The number of carbonyl (C=O) groups is 2. The van der Waals surface area contributed by atoms with Crippen molar-refractivity contribution in [3.8, 4) is 0 Å². The van der Waals surface area contributed by atoms with Gasteiger partial charge in [0.25, 0.3) is 5.56 Å². The molecule has 19 heteroatoms. The summed E-state index contributed by atoms with van der Waals surface area (Å²) in [7, 11) is -3.04. The van der Waals surface area contributed by atoms with Crippen molar-refractivity contribution in [3.63, 3.8) is 0 Å². The van der Waals surface area contributed by atoms with Gasteiger partial charge in [0.2, 0.25) is 5.78 Å². The van der Waals surface area contributed by atoms with E-state index in [1.54, 1.807) is 24.9 Å². The molecule has 16 nitrogen and oxygen atoms in total. The number of nitrogens with one attached hydrogen (secondary N) is 1. The molecule has 2 N–H and O–H groups in total. The molecule has 328 valence electrons. The minimum Gasteiger partial charge on any atom is -0.467 e. The van der Waals surface area contributed by atoms with Gasteiger partial charge in [0, 0.05) is 13.5 Å². The SMILES string of the molecule is COC(=O)N[C@H](C(=O)OC)[C@H](O)Cc1c(C)nc2n(C)c3c(ncn3[C@@H]3O[C@H](CO[Si](C)(C)C(C)(C)C)[C@@H](O[Si](C)(C)C(C)(C)C)[C@H]3O[Si](C)(C)C(C)(C)C)c(=O)n12. The summed E-state index contributed by atoms with van der Waals surface area (Å²) in [4.78, 5) is 48.6. The van der Waals surface area contributed by atoms with Crippen molar-refractivity contribution in [1.29, 1.82) is 0 Å². The number of alkyl carbamates (subject to hydrolysis) is 1. The summed E-state index contributed by atoms with van der Waals surface area (Å²) in [5, 5.41) is 13.3. The number of amides is 1. The van der Waals surface area contributed by atoms with Gasteiger partial charge < -0.3 is 37.9 Å². The number of carbonyl (C=O) groups excluding carboxylic acids is 2. The molecule has 0 radical (unpaired) electrons. The Labute approximate surface area is 346 Å². The highest BCUT2D eigenvalue weighted by Gasteiger charge is 2.55. The molecule has 6 atom stereocenters. The normalized spacial score (nSPS) is 21.1. The van der Waals surface area contributed by atoms with E-state index in [9.17, 15) is 19.5 Å². The third-order valence-electron chi connectivity index (χ3n) is 13.1. The predicted molar refractivity (Wildman–Crippen MR) is 231 cm³/mol. The number of imidazole rings is 2.